The van der Waals surface area contributed by atoms with Crippen LogP contribution in [-0.2, 0) is 0 Å². The van der Waals surface area contributed by atoms with Crippen LogP contribution < -0.4 is 0 Å². The van der Waals surface area contributed by atoms with Gasteiger partial charge in [0.2, 0.25) is 0 Å². The van der Waals surface area contributed by atoms with Crippen molar-refractivity contribution < 1.29 is 0 Å². The van der Waals surface area contributed by atoms with Gasteiger partial charge in [0.1, 0.15) is 0 Å². The molecule has 0 saturated carbocycles. The maximum atomic E-state index is 2.37. The van der Waals surface area contributed by atoms with E-state index < -0.39 is 0 Å². The summed E-state index contributed by atoms with van der Waals surface area (Å²) >= 11 is 0. The molecule has 0 aliphatic rings. The van der Waals surface area contributed by atoms with Gasteiger partial charge in [-0.1, -0.05) is 27.7 Å². The molecule has 0 aromatic rings. The van der Waals surface area contributed by atoms with E-state index in [2.05, 4.69) is 53.6 Å². The number of hydrogen-bond acceptors (Lipinski definition) is 1. The van der Waals surface area contributed by atoms with Crippen LogP contribution in [0.25, 0.3) is 0 Å². The van der Waals surface area contributed by atoms with Gasteiger partial charge in [-0.15, -0.1) is 0 Å². The SMILES string of the molecule is CCC(C)(CC(C)C(C)C)N(C)C. The van der Waals surface area contributed by atoms with Gasteiger partial charge in [-0.05, 0) is 45.7 Å². The van der Waals surface area contributed by atoms with Crippen molar-refractivity contribution in [2.45, 2.75) is 53.0 Å². The average molecular weight is 185 g/mol. The largest absolute Gasteiger partial charge is 0.304 e. The van der Waals surface area contributed by atoms with Gasteiger partial charge in [-0.25, -0.2) is 0 Å². The maximum Gasteiger partial charge on any atom is 0.0175 e. The van der Waals surface area contributed by atoms with E-state index in [4.69, 9.17) is 0 Å². The first-order chi connectivity index (χ1) is 5.83. The van der Waals surface area contributed by atoms with Gasteiger partial charge in [0, 0.05) is 5.54 Å². The molecule has 0 aliphatic heterocycles. The molecule has 0 fully saturated rings. The van der Waals surface area contributed by atoms with Crippen LogP contribution in [-0.4, -0.2) is 24.5 Å². The lowest BCUT2D eigenvalue weighted by Gasteiger charge is -2.38. The number of hydrogen-bond donors (Lipinski definition) is 0. The highest BCUT2D eigenvalue weighted by Gasteiger charge is 2.27. The van der Waals surface area contributed by atoms with Crippen LogP contribution in [0.3, 0.4) is 0 Å². The minimum Gasteiger partial charge on any atom is -0.304 e. The normalized spacial score (nSPS) is 19.2. The third-order valence-electron chi connectivity index (χ3n) is 3.74. The average Bonchev–Trinajstić information content (AvgIpc) is 2.03. The van der Waals surface area contributed by atoms with Crippen LogP contribution in [0.1, 0.15) is 47.5 Å². The molecule has 1 nitrogen and oxygen atoms in total. The molecule has 0 aromatic carbocycles. The summed E-state index contributed by atoms with van der Waals surface area (Å²) in [6, 6.07) is 0. The molecule has 1 heteroatoms. The van der Waals surface area contributed by atoms with Crippen molar-refractivity contribution in [1.82, 2.24) is 4.90 Å². The lowest BCUT2D eigenvalue weighted by molar-refractivity contribution is 0.121. The van der Waals surface area contributed by atoms with E-state index in [0.717, 1.165) is 11.8 Å². The fraction of sp³-hybridized carbons (Fsp3) is 1.00. The highest BCUT2D eigenvalue weighted by molar-refractivity contribution is 4.83. The first kappa shape index (κ1) is 13.0. The fourth-order valence-electron chi connectivity index (χ4n) is 1.57. The first-order valence-electron chi connectivity index (χ1n) is 5.51. The predicted octanol–water partition coefficient (Wildman–Crippen LogP) is 3.40. The van der Waals surface area contributed by atoms with Gasteiger partial charge >= 0.3 is 0 Å². The zero-order chi connectivity index (χ0) is 10.6. The second kappa shape index (κ2) is 4.99. The highest BCUT2D eigenvalue weighted by atomic mass is 15.1. The summed E-state index contributed by atoms with van der Waals surface area (Å²) in [5.41, 5.74) is 0.379. The molecule has 0 aromatic heterocycles. The zero-order valence-corrected chi connectivity index (χ0v) is 10.5. The highest BCUT2D eigenvalue weighted by Crippen LogP contribution is 2.28. The lowest BCUT2D eigenvalue weighted by atomic mass is 9.82. The summed E-state index contributed by atoms with van der Waals surface area (Å²) in [5, 5.41) is 0. The third kappa shape index (κ3) is 3.68. The molecular weight excluding hydrogens is 158 g/mol. The molecule has 0 heterocycles. The quantitative estimate of drug-likeness (QED) is 0.634. The Morgan fingerprint density at radius 3 is 1.85 bits per heavy atom. The Labute approximate surface area is 84.5 Å². The van der Waals surface area contributed by atoms with Crippen LogP contribution in [0.2, 0.25) is 0 Å². The van der Waals surface area contributed by atoms with E-state index in [1.54, 1.807) is 0 Å². The van der Waals surface area contributed by atoms with Crippen LogP contribution in [0.15, 0.2) is 0 Å². The Balaban J connectivity index is 4.27. The van der Waals surface area contributed by atoms with Crippen molar-refractivity contribution in [3.05, 3.63) is 0 Å². The van der Waals surface area contributed by atoms with Crippen molar-refractivity contribution in [2.24, 2.45) is 11.8 Å². The van der Waals surface area contributed by atoms with Gasteiger partial charge < -0.3 is 4.90 Å². The van der Waals surface area contributed by atoms with E-state index in [0.29, 0.717) is 5.54 Å². The summed E-state index contributed by atoms with van der Waals surface area (Å²) in [5.74, 6) is 1.61. The van der Waals surface area contributed by atoms with Crippen molar-refractivity contribution in [3.63, 3.8) is 0 Å². The molecule has 0 amide bonds. The summed E-state index contributed by atoms with van der Waals surface area (Å²) in [4.78, 5) is 2.37. The molecule has 0 aliphatic carbocycles. The van der Waals surface area contributed by atoms with Crippen molar-refractivity contribution in [1.29, 1.82) is 0 Å². The minimum atomic E-state index is 0.379. The Kier molecular flexibility index (Phi) is 4.98. The molecule has 0 rings (SSSR count). The Morgan fingerprint density at radius 1 is 1.15 bits per heavy atom. The van der Waals surface area contributed by atoms with Gasteiger partial charge in [0.15, 0.2) is 0 Å². The zero-order valence-electron chi connectivity index (χ0n) is 10.5. The number of rotatable bonds is 5. The van der Waals surface area contributed by atoms with E-state index in [9.17, 15) is 0 Å². The molecule has 2 unspecified atom stereocenters. The molecule has 0 bridgehead atoms. The van der Waals surface area contributed by atoms with E-state index in [-0.39, 0.29) is 0 Å². The predicted molar refractivity (Wildman–Crippen MR) is 61.0 cm³/mol. The standard InChI is InChI=1S/C12H27N/c1-8-12(5,13(6)7)9-11(4)10(2)3/h10-11H,8-9H2,1-7H3. The van der Waals surface area contributed by atoms with Crippen molar-refractivity contribution >= 4 is 0 Å². The van der Waals surface area contributed by atoms with Gasteiger partial charge in [-0.3, -0.25) is 0 Å². The smallest absolute Gasteiger partial charge is 0.0175 e. The Hall–Kier alpha value is -0.0400. The maximum absolute atomic E-state index is 2.37. The molecule has 0 spiro atoms. The Bertz CT molecular complexity index is 140. The van der Waals surface area contributed by atoms with Gasteiger partial charge in [0.05, 0.1) is 0 Å². The molecule has 0 radical (unpaired) electrons. The molecule has 80 valence electrons. The van der Waals surface area contributed by atoms with Crippen LogP contribution in [0.4, 0.5) is 0 Å². The third-order valence-corrected chi connectivity index (χ3v) is 3.74. The van der Waals surface area contributed by atoms with E-state index in [1.807, 2.05) is 0 Å². The second-order valence-electron chi connectivity index (χ2n) is 5.17. The lowest BCUT2D eigenvalue weighted by Crippen LogP contribution is -2.42. The summed E-state index contributed by atoms with van der Waals surface area (Å²) in [7, 11) is 4.38. The molecule has 0 saturated heterocycles. The molecular formula is C12H27N. The van der Waals surface area contributed by atoms with E-state index in [1.165, 1.54) is 12.8 Å². The van der Waals surface area contributed by atoms with E-state index >= 15 is 0 Å². The fourth-order valence-corrected chi connectivity index (χ4v) is 1.57. The first-order valence-corrected chi connectivity index (χ1v) is 5.51. The topological polar surface area (TPSA) is 3.24 Å². The van der Waals surface area contributed by atoms with Gasteiger partial charge in [0.25, 0.3) is 0 Å². The van der Waals surface area contributed by atoms with Crippen LogP contribution in [0.5, 0.6) is 0 Å². The minimum absolute atomic E-state index is 0.379. The summed E-state index contributed by atoms with van der Waals surface area (Å²) < 4.78 is 0. The summed E-state index contributed by atoms with van der Waals surface area (Å²) in [6.07, 6.45) is 2.53. The van der Waals surface area contributed by atoms with Crippen LogP contribution in [0, 0.1) is 11.8 Å². The van der Waals surface area contributed by atoms with Crippen LogP contribution >= 0.6 is 0 Å². The molecule has 13 heavy (non-hydrogen) atoms. The summed E-state index contributed by atoms with van der Waals surface area (Å²) in [6.45, 7) is 11.6. The van der Waals surface area contributed by atoms with Gasteiger partial charge in [-0.2, -0.15) is 0 Å². The van der Waals surface area contributed by atoms with Crippen molar-refractivity contribution in [2.75, 3.05) is 14.1 Å². The Morgan fingerprint density at radius 2 is 1.62 bits per heavy atom. The van der Waals surface area contributed by atoms with Crippen molar-refractivity contribution in [3.8, 4) is 0 Å². The monoisotopic (exact) mass is 185 g/mol. The molecule has 2 atom stereocenters. The number of nitrogens with zero attached hydrogens (tertiary/aromatic N) is 1. The second-order valence-corrected chi connectivity index (χ2v) is 5.17. The molecule has 0 N–H and O–H groups in total.